The van der Waals surface area contributed by atoms with Crippen LogP contribution in [0, 0.1) is 6.92 Å². The molecular formula is C22H24F3N3O2. The highest BCUT2D eigenvalue weighted by atomic mass is 19.4. The summed E-state index contributed by atoms with van der Waals surface area (Å²) in [7, 11) is 3.46. The molecule has 1 unspecified atom stereocenters. The molecule has 0 bridgehead atoms. The molecule has 0 spiro atoms. The van der Waals surface area contributed by atoms with E-state index < -0.39 is 17.8 Å². The molecule has 0 radical (unpaired) electrons. The Bertz CT molecular complexity index is 971. The highest BCUT2D eigenvalue weighted by Crippen LogP contribution is 2.40. The maximum absolute atomic E-state index is 13.4. The minimum atomic E-state index is -4.46. The minimum Gasteiger partial charge on any atom is -0.496 e. The number of oxime groups is 1. The Morgan fingerprint density at radius 2 is 2.03 bits per heavy atom. The van der Waals surface area contributed by atoms with Crippen molar-refractivity contribution >= 4 is 17.7 Å². The van der Waals surface area contributed by atoms with E-state index in [1.807, 2.05) is 31.9 Å². The topological polar surface area (TPSA) is 46.4 Å². The van der Waals surface area contributed by atoms with Crippen LogP contribution in [0.5, 0.6) is 5.75 Å². The maximum Gasteiger partial charge on any atom is 0.417 e. The van der Waals surface area contributed by atoms with E-state index in [2.05, 4.69) is 10.1 Å². The number of nitrogens with zero attached hydrogens (tertiary/aromatic N) is 3. The van der Waals surface area contributed by atoms with Gasteiger partial charge < -0.3 is 14.5 Å². The molecule has 0 amide bonds. The van der Waals surface area contributed by atoms with Crippen LogP contribution in [0.2, 0.25) is 0 Å². The van der Waals surface area contributed by atoms with Crippen LogP contribution < -0.4 is 4.74 Å². The largest absolute Gasteiger partial charge is 0.496 e. The molecule has 0 fully saturated rings. The molecule has 0 N–H and O–H groups in total. The molecule has 0 saturated heterocycles. The number of halogens is 3. The average Bonchev–Trinajstić information content (AvgIpc) is 3.21. The molecule has 30 heavy (non-hydrogen) atoms. The van der Waals surface area contributed by atoms with Crippen molar-refractivity contribution in [2.45, 2.75) is 32.5 Å². The van der Waals surface area contributed by atoms with E-state index >= 15 is 0 Å². The van der Waals surface area contributed by atoms with E-state index in [4.69, 9.17) is 9.57 Å². The van der Waals surface area contributed by atoms with Crippen molar-refractivity contribution in [3.05, 3.63) is 58.7 Å². The lowest BCUT2D eigenvalue weighted by atomic mass is 9.95. The summed E-state index contributed by atoms with van der Waals surface area (Å²) in [5.41, 5.74) is 1.95. The zero-order valence-corrected chi connectivity index (χ0v) is 17.3. The van der Waals surface area contributed by atoms with Crippen molar-refractivity contribution in [3.8, 4) is 5.75 Å². The molecule has 0 aromatic heterocycles. The number of rotatable bonds is 6. The second kappa shape index (κ2) is 8.77. The maximum atomic E-state index is 13.4. The third-order valence-electron chi connectivity index (χ3n) is 5.00. The van der Waals surface area contributed by atoms with Gasteiger partial charge in [-0.25, -0.2) is 4.99 Å². The number of hydrogen-bond donors (Lipinski definition) is 0. The molecule has 0 aliphatic carbocycles. The quantitative estimate of drug-likeness (QED) is 0.459. The van der Waals surface area contributed by atoms with Crippen molar-refractivity contribution < 1.29 is 22.7 Å². The van der Waals surface area contributed by atoms with Crippen molar-refractivity contribution in [2.75, 3.05) is 20.7 Å². The Hall–Kier alpha value is -3.03. The molecule has 3 rings (SSSR count). The van der Waals surface area contributed by atoms with Gasteiger partial charge in [-0.2, -0.15) is 13.2 Å². The second-order valence-corrected chi connectivity index (χ2v) is 7.08. The Morgan fingerprint density at radius 3 is 2.70 bits per heavy atom. The molecule has 5 nitrogen and oxygen atoms in total. The van der Waals surface area contributed by atoms with Crippen LogP contribution in [0.15, 0.2) is 46.5 Å². The van der Waals surface area contributed by atoms with Gasteiger partial charge in [0.05, 0.1) is 30.4 Å². The minimum absolute atomic E-state index is 0.0343. The number of ether oxygens (including phenoxy) is 1. The molecule has 1 heterocycles. The summed E-state index contributed by atoms with van der Waals surface area (Å²) in [4.78, 5) is 11.9. The lowest BCUT2D eigenvalue weighted by molar-refractivity contribution is -0.137. The molecule has 8 heteroatoms. The monoisotopic (exact) mass is 419 g/mol. The summed E-state index contributed by atoms with van der Waals surface area (Å²) in [5.74, 6) is 0.553. The zero-order chi connectivity index (χ0) is 21.9. The summed E-state index contributed by atoms with van der Waals surface area (Å²) in [6.45, 7) is 4.76. The lowest BCUT2D eigenvalue weighted by Crippen LogP contribution is -2.14. The predicted molar refractivity (Wildman–Crippen MR) is 111 cm³/mol. The molecule has 1 aliphatic heterocycles. The van der Waals surface area contributed by atoms with E-state index in [1.54, 1.807) is 18.5 Å². The van der Waals surface area contributed by atoms with Crippen LogP contribution in [0.1, 0.15) is 41.7 Å². The molecule has 2 aromatic rings. The second-order valence-electron chi connectivity index (χ2n) is 7.08. The SMILES string of the molecule is CCN(C)C=Nc1cc(OC)c(C2CC(c3ccccc3C(F)(F)F)=NO2)cc1C. The summed E-state index contributed by atoms with van der Waals surface area (Å²) in [5, 5.41) is 3.96. The van der Waals surface area contributed by atoms with Crippen LogP contribution in [-0.4, -0.2) is 37.7 Å². The number of methoxy groups -OCH3 is 1. The number of aryl methyl sites for hydroxylation is 1. The molecule has 1 aliphatic rings. The van der Waals surface area contributed by atoms with Crippen LogP contribution in [0.4, 0.5) is 18.9 Å². The third-order valence-corrected chi connectivity index (χ3v) is 5.00. The van der Waals surface area contributed by atoms with Crippen molar-refractivity contribution in [1.29, 1.82) is 0 Å². The average molecular weight is 419 g/mol. The van der Waals surface area contributed by atoms with E-state index in [-0.39, 0.29) is 17.7 Å². The van der Waals surface area contributed by atoms with Gasteiger partial charge in [0.15, 0.2) is 6.10 Å². The number of alkyl halides is 3. The smallest absolute Gasteiger partial charge is 0.417 e. The summed E-state index contributed by atoms with van der Waals surface area (Å²) in [6, 6.07) is 9.08. The normalized spacial score (nSPS) is 16.5. The predicted octanol–water partition coefficient (Wildman–Crippen LogP) is 5.50. The van der Waals surface area contributed by atoms with Gasteiger partial charge in [-0.1, -0.05) is 23.4 Å². The van der Waals surface area contributed by atoms with Crippen molar-refractivity contribution in [2.24, 2.45) is 10.1 Å². The molecule has 0 saturated carbocycles. The van der Waals surface area contributed by atoms with E-state index in [1.165, 1.54) is 19.2 Å². The highest BCUT2D eigenvalue weighted by molar-refractivity contribution is 6.02. The van der Waals surface area contributed by atoms with Gasteiger partial charge in [0.1, 0.15) is 5.75 Å². The van der Waals surface area contributed by atoms with Crippen LogP contribution >= 0.6 is 0 Å². The Balaban J connectivity index is 1.88. The van der Waals surface area contributed by atoms with E-state index in [0.717, 1.165) is 29.4 Å². The van der Waals surface area contributed by atoms with Gasteiger partial charge in [0, 0.05) is 37.2 Å². The van der Waals surface area contributed by atoms with Crippen LogP contribution in [0.25, 0.3) is 0 Å². The van der Waals surface area contributed by atoms with Crippen LogP contribution in [0.3, 0.4) is 0 Å². The standard InChI is InChI=1S/C22H24F3N3O2/c1-5-28(3)13-26-18-11-20(29-4)16(10-14(18)2)21-12-19(27-30-21)15-8-6-7-9-17(15)22(23,24)25/h6-11,13,21H,5,12H2,1-4H3. The summed E-state index contributed by atoms with van der Waals surface area (Å²) in [6.07, 6.45) is -3.05. The van der Waals surface area contributed by atoms with Gasteiger partial charge in [-0.15, -0.1) is 0 Å². The van der Waals surface area contributed by atoms with Gasteiger partial charge in [-0.05, 0) is 31.5 Å². The highest BCUT2D eigenvalue weighted by Gasteiger charge is 2.36. The lowest BCUT2D eigenvalue weighted by Gasteiger charge is -2.16. The summed E-state index contributed by atoms with van der Waals surface area (Å²) < 4.78 is 45.6. The molecule has 1 atom stereocenters. The number of benzene rings is 2. The number of aliphatic imine (C=N–C) groups is 1. The van der Waals surface area contributed by atoms with Gasteiger partial charge in [0.25, 0.3) is 0 Å². The zero-order valence-electron chi connectivity index (χ0n) is 17.3. The fourth-order valence-corrected chi connectivity index (χ4v) is 3.19. The third kappa shape index (κ3) is 4.58. The Labute approximate surface area is 173 Å². The van der Waals surface area contributed by atoms with E-state index in [9.17, 15) is 13.2 Å². The Kier molecular flexibility index (Phi) is 6.34. The van der Waals surface area contributed by atoms with Gasteiger partial charge in [0.2, 0.25) is 0 Å². The Morgan fingerprint density at radius 1 is 1.30 bits per heavy atom. The first-order chi connectivity index (χ1) is 14.2. The molecular weight excluding hydrogens is 395 g/mol. The molecule has 160 valence electrons. The number of hydrogen-bond acceptors (Lipinski definition) is 4. The summed E-state index contributed by atoms with van der Waals surface area (Å²) >= 11 is 0. The fraction of sp³-hybridized carbons (Fsp3) is 0.364. The first kappa shape index (κ1) is 21.7. The fourth-order valence-electron chi connectivity index (χ4n) is 3.19. The van der Waals surface area contributed by atoms with Gasteiger partial charge >= 0.3 is 6.18 Å². The first-order valence-corrected chi connectivity index (χ1v) is 9.56. The molecule has 2 aromatic carbocycles. The van der Waals surface area contributed by atoms with E-state index in [0.29, 0.717) is 5.75 Å². The van der Waals surface area contributed by atoms with Crippen LogP contribution in [-0.2, 0) is 11.0 Å². The van der Waals surface area contributed by atoms with Crippen molar-refractivity contribution in [3.63, 3.8) is 0 Å². The van der Waals surface area contributed by atoms with Crippen molar-refractivity contribution in [1.82, 2.24) is 4.90 Å². The first-order valence-electron chi connectivity index (χ1n) is 9.56. The van der Waals surface area contributed by atoms with Gasteiger partial charge in [-0.3, -0.25) is 0 Å².